The minimum Gasteiger partial charge on any atom is -0.330 e. The van der Waals surface area contributed by atoms with E-state index in [1.165, 1.54) is 32.1 Å². The summed E-state index contributed by atoms with van der Waals surface area (Å²) in [6, 6.07) is 0. The SMILES string of the molecule is CN1C(C)(C)CC(CCCCN)CC1(C)C. The van der Waals surface area contributed by atoms with Gasteiger partial charge in [-0.25, -0.2) is 0 Å². The third-order valence-corrected chi connectivity index (χ3v) is 4.46. The minimum absolute atomic E-state index is 0.342. The molecule has 0 saturated carbocycles. The summed E-state index contributed by atoms with van der Waals surface area (Å²) in [5.41, 5.74) is 6.25. The summed E-state index contributed by atoms with van der Waals surface area (Å²) in [6.07, 6.45) is 6.51. The number of unbranched alkanes of at least 4 members (excludes halogenated alkanes) is 1. The van der Waals surface area contributed by atoms with Gasteiger partial charge in [0.2, 0.25) is 0 Å². The summed E-state index contributed by atoms with van der Waals surface area (Å²) in [7, 11) is 2.27. The first kappa shape index (κ1) is 14.0. The van der Waals surface area contributed by atoms with Gasteiger partial charge in [0.05, 0.1) is 0 Å². The summed E-state index contributed by atoms with van der Waals surface area (Å²) in [5, 5.41) is 0. The van der Waals surface area contributed by atoms with Gasteiger partial charge in [-0.3, -0.25) is 4.90 Å². The molecule has 1 saturated heterocycles. The van der Waals surface area contributed by atoms with Gasteiger partial charge in [-0.1, -0.05) is 12.8 Å². The monoisotopic (exact) mass is 226 g/mol. The van der Waals surface area contributed by atoms with Crippen molar-refractivity contribution >= 4 is 0 Å². The summed E-state index contributed by atoms with van der Waals surface area (Å²) in [5.74, 6) is 0.882. The van der Waals surface area contributed by atoms with Crippen LogP contribution in [0.1, 0.15) is 59.8 Å². The van der Waals surface area contributed by atoms with Crippen LogP contribution in [0.4, 0.5) is 0 Å². The predicted octanol–water partition coefficient (Wildman–Crippen LogP) is 3.01. The Balaban J connectivity index is 2.57. The van der Waals surface area contributed by atoms with Crippen molar-refractivity contribution in [2.75, 3.05) is 13.6 Å². The molecular formula is C14H30N2. The maximum atomic E-state index is 5.56. The number of nitrogens with zero attached hydrogens (tertiary/aromatic N) is 1. The van der Waals surface area contributed by atoms with E-state index >= 15 is 0 Å². The van der Waals surface area contributed by atoms with Gasteiger partial charge in [0, 0.05) is 11.1 Å². The molecule has 0 aromatic rings. The molecule has 1 aliphatic heterocycles. The molecule has 96 valence electrons. The van der Waals surface area contributed by atoms with E-state index in [1.54, 1.807) is 0 Å². The molecule has 2 N–H and O–H groups in total. The number of piperidine rings is 1. The van der Waals surface area contributed by atoms with Crippen molar-refractivity contribution in [1.29, 1.82) is 0 Å². The maximum Gasteiger partial charge on any atom is 0.0158 e. The molecule has 2 heteroatoms. The highest BCUT2D eigenvalue weighted by Crippen LogP contribution is 2.41. The van der Waals surface area contributed by atoms with Crippen molar-refractivity contribution in [3.8, 4) is 0 Å². The van der Waals surface area contributed by atoms with Crippen molar-refractivity contribution in [3.63, 3.8) is 0 Å². The predicted molar refractivity (Wildman–Crippen MR) is 71.6 cm³/mol. The standard InChI is InChI=1S/C14H30N2/c1-13(2)10-12(8-6-7-9-15)11-14(3,4)16(13)5/h12H,6-11,15H2,1-5H3. The van der Waals surface area contributed by atoms with Gasteiger partial charge in [0.15, 0.2) is 0 Å². The second kappa shape index (κ2) is 5.05. The van der Waals surface area contributed by atoms with Crippen LogP contribution >= 0.6 is 0 Å². The van der Waals surface area contributed by atoms with Crippen LogP contribution in [0.3, 0.4) is 0 Å². The molecule has 0 spiro atoms. The molecule has 1 aliphatic rings. The summed E-state index contributed by atoms with van der Waals surface area (Å²) < 4.78 is 0. The lowest BCUT2D eigenvalue weighted by Crippen LogP contribution is -2.58. The fraction of sp³-hybridized carbons (Fsp3) is 1.00. The topological polar surface area (TPSA) is 29.3 Å². The van der Waals surface area contributed by atoms with Gasteiger partial charge in [-0.2, -0.15) is 0 Å². The molecule has 0 aromatic heterocycles. The lowest BCUT2D eigenvalue weighted by molar-refractivity contribution is -0.0320. The lowest BCUT2D eigenvalue weighted by atomic mass is 9.72. The normalized spacial score (nSPS) is 25.9. The number of hydrogen-bond acceptors (Lipinski definition) is 2. The van der Waals surface area contributed by atoms with E-state index in [1.807, 2.05) is 0 Å². The smallest absolute Gasteiger partial charge is 0.0158 e. The first-order chi connectivity index (χ1) is 7.29. The Morgan fingerprint density at radius 2 is 1.56 bits per heavy atom. The molecule has 2 nitrogen and oxygen atoms in total. The Morgan fingerprint density at radius 1 is 1.06 bits per heavy atom. The second-order valence-corrected chi connectivity index (χ2v) is 6.74. The van der Waals surface area contributed by atoms with Crippen molar-refractivity contribution in [1.82, 2.24) is 4.90 Å². The Bertz CT molecular complexity index is 203. The number of hydrogen-bond donors (Lipinski definition) is 1. The van der Waals surface area contributed by atoms with E-state index in [0.29, 0.717) is 11.1 Å². The molecule has 0 bridgehead atoms. The van der Waals surface area contributed by atoms with Crippen molar-refractivity contribution in [2.45, 2.75) is 70.9 Å². The van der Waals surface area contributed by atoms with Gasteiger partial charge < -0.3 is 5.73 Å². The highest BCUT2D eigenvalue weighted by molar-refractivity contribution is 4.98. The summed E-state index contributed by atoms with van der Waals surface area (Å²) >= 11 is 0. The first-order valence-corrected chi connectivity index (χ1v) is 6.73. The molecule has 1 rings (SSSR count). The molecular weight excluding hydrogens is 196 g/mol. The van der Waals surface area contributed by atoms with Crippen molar-refractivity contribution < 1.29 is 0 Å². The van der Waals surface area contributed by atoms with E-state index in [2.05, 4.69) is 39.6 Å². The average molecular weight is 226 g/mol. The van der Waals surface area contributed by atoms with E-state index < -0.39 is 0 Å². The molecule has 0 unspecified atom stereocenters. The highest BCUT2D eigenvalue weighted by atomic mass is 15.2. The van der Waals surface area contributed by atoms with Crippen LogP contribution in [-0.4, -0.2) is 29.6 Å². The number of nitrogens with two attached hydrogens (primary N) is 1. The first-order valence-electron chi connectivity index (χ1n) is 6.73. The summed E-state index contributed by atoms with van der Waals surface area (Å²) in [6.45, 7) is 10.4. The van der Waals surface area contributed by atoms with Crippen LogP contribution < -0.4 is 5.73 Å². The van der Waals surface area contributed by atoms with Crippen LogP contribution in [0, 0.1) is 5.92 Å². The molecule has 1 heterocycles. The van der Waals surface area contributed by atoms with Crippen LogP contribution in [0.2, 0.25) is 0 Å². The van der Waals surface area contributed by atoms with E-state index in [-0.39, 0.29) is 0 Å². The zero-order valence-electron chi connectivity index (χ0n) is 11.8. The Hall–Kier alpha value is -0.0800. The minimum atomic E-state index is 0.342. The second-order valence-electron chi connectivity index (χ2n) is 6.74. The van der Waals surface area contributed by atoms with Crippen molar-refractivity contribution in [2.24, 2.45) is 11.7 Å². The lowest BCUT2D eigenvalue weighted by Gasteiger charge is -2.54. The third-order valence-electron chi connectivity index (χ3n) is 4.46. The quantitative estimate of drug-likeness (QED) is 0.747. The maximum absolute atomic E-state index is 5.56. The Kier molecular flexibility index (Phi) is 4.42. The van der Waals surface area contributed by atoms with Gasteiger partial charge in [-0.05, 0) is 66.5 Å². The largest absolute Gasteiger partial charge is 0.330 e. The fourth-order valence-corrected chi connectivity index (χ4v) is 3.36. The van der Waals surface area contributed by atoms with Crippen molar-refractivity contribution in [3.05, 3.63) is 0 Å². The number of likely N-dealkylation sites (tertiary alicyclic amines) is 1. The van der Waals surface area contributed by atoms with Crippen LogP contribution in [0.25, 0.3) is 0 Å². The van der Waals surface area contributed by atoms with Gasteiger partial charge in [0.1, 0.15) is 0 Å². The summed E-state index contributed by atoms with van der Waals surface area (Å²) in [4.78, 5) is 2.55. The van der Waals surface area contributed by atoms with Crippen LogP contribution in [0.15, 0.2) is 0 Å². The van der Waals surface area contributed by atoms with E-state index in [4.69, 9.17) is 5.73 Å². The third kappa shape index (κ3) is 3.21. The fourth-order valence-electron chi connectivity index (χ4n) is 3.36. The van der Waals surface area contributed by atoms with Gasteiger partial charge in [0.25, 0.3) is 0 Å². The van der Waals surface area contributed by atoms with E-state index in [9.17, 15) is 0 Å². The average Bonchev–Trinajstić information content (AvgIpc) is 2.14. The molecule has 16 heavy (non-hydrogen) atoms. The zero-order chi connectivity index (χ0) is 12.4. The molecule has 0 aliphatic carbocycles. The molecule has 0 radical (unpaired) electrons. The van der Waals surface area contributed by atoms with Gasteiger partial charge in [-0.15, -0.1) is 0 Å². The highest BCUT2D eigenvalue weighted by Gasteiger charge is 2.42. The molecule has 1 fully saturated rings. The Morgan fingerprint density at radius 3 is 2.00 bits per heavy atom. The van der Waals surface area contributed by atoms with E-state index in [0.717, 1.165) is 12.5 Å². The molecule has 0 amide bonds. The molecule has 0 aromatic carbocycles. The Labute approximate surface area is 102 Å². The zero-order valence-corrected chi connectivity index (χ0v) is 11.8. The molecule has 0 atom stereocenters. The van der Waals surface area contributed by atoms with Crippen LogP contribution in [0.5, 0.6) is 0 Å². The van der Waals surface area contributed by atoms with Crippen LogP contribution in [-0.2, 0) is 0 Å². The number of rotatable bonds is 4. The van der Waals surface area contributed by atoms with Gasteiger partial charge >= 0.3 is 0 Å².